The average molecular weight is 353 g/mol. The highest BCUT2D eigenvalue weighted by molar-refractivity contribution is 9.10. The molecule has 0 aromatic carbocycles. The van der Waals surface area contributed by atoms with Gasteiger partial charge in [-0.1, -0.05) is 0 Å². The van der Waals surface area contributed by atoms with Gasteiger partial charge in [-0.05, 0) is 36.7 Å². The Labute approximate surface area is 126 Å². The van der Waals surface area contributed by atoms with Gasteiger partial charge in [0.05, 0.1) is 12.1 Å². The maximum Gasteiger partial charge on any atom is 0.139 e. The van der Waals surface area contributed by atoms with Crippen LogP contribution < -0.4 is 5.73 Å². The Kier molecular flexibility index (Phi) is 10.3. The van der Waals surface area contributed by atoms with Crippen molar-refractivity contribution >= 4 is 33.6 Å². The Balaban J connectivity index is 0.000000711. The van der Waals surface area contributed by atoms with Gasteiger partial charge in [-0.25, -0.2) is 4.98 Å². The number of rotatable bonds is 6. The van der Waals surface area contributed by atoms with Crippen LogP contribution in [-0.4, -0.2) is 37.1 Å². The van der Waals surface area contributed by atoms with Crippen LogP contribution in [0.3, 0.4) is 0 Å². The van der Waals surface area contributed by atoms with E-state index in [0.717, 1.165) is 16.2 Å². The fraction of sp³-hybridized carbons (Fsp3) is 0.667. The van der Waals surface area contributed by atoms with E-state index in [1.807, 2.05) is 26.2 Å². The normalized spacial score (nSPS) is 13.6. The molecule has 1 heterocycles. The molecule has 0 radical (unpaired) electrons. The third kappa shape index (κ3) is 7.74. The maximum atomic E-state index is 10.7. The number of hydrogen-bond donors (Lipinski definition) is 1. The van der Waals surface area contributed by atoms with Crippen LogP contribution in [-0.2, 0) is 14.3 Å². The molecule has 1 aromatic rings. The second-order valence-electron chi connectivity index (χ2n) is 3.90. The zero-order chi connectivity index (χ0) is 14.8. The van der Waals surface area contributed by atoms with Crippen molar-refractivity contribution in [2.75, 3.05) is 13.7 Å². The van der Waals surface area contributed by atoms with E-state index in [9.17, 15) is 4.79 Å². The molecule has 2 unspecified atom stereocenters. The molecule has 19 heavy (non-hydrogen) atoms. The third-order valence-electron chi connectivity index (χ3n) is 1.95. The number of methoxy groups -OCH3 is 1. The Morgan fingerprint density at radius 3 is 2.47 bits per heavy atom. The van der Waals surface area contributed by atoms with Crippen LogP contribution >= 0.6 is 27.3 Å². The molecule has 1 aromatic heterocycles. The van der Waals surface area contributed by atoms with Crippen LogP contribution in [0.25, 0.3) is 0 Å². The summed E-state index contributed by atoms with van der Waals surface area (Å²) in [6.45, 7) is 6.57. The van der Waals surface area contributed by atoms with Gasteiger partial charge in [-0.15, -0.1) is 11.3 Å². The fourth-order valence-corrected chi connectivity index (χ4v) is 2.43. The molecule has 0 spiro atoms. The zero-order valence-electron chi connectivity index (χ0n) is 11.6. The second kappa shape index (κ2) is 10.4. The summed E-state index contributed by atoms with van der Waals surface area (Å²) in [5.41, 5.74) is 5.67. The number of aromatic nitrogens is 1. The summed E-state index contributed by atoms with van der Waals surface area (Å²) in [5.74, 6) is 0. The van der Waals surface area contributed by atoms with E-state index < -0.39 is 12.1 Å². The van der Waals surface area contributed by atoms with Gasteiger partial charge in [0, 0.05) is 19.1 Å². The summed E-state index contributed by atoms with van der Waals surface area (Å²) in [4.78, 5) is 14.9. The first-order valence-corrected chi connectivity index (χ1v) is 7.59. The van der Waals surface area contributed by atoms with Crippen LogP contribution in [0.15, 0.2) is 9.98 Å². The molecule has 0 aliphatic carbocycles. The van der Waals surface area contributed by atoms with Crippen molar-refractivity contribution in [2.45, 2.75) is 39.0 Å². The molecule has 0 fully saturated rings. The minimum Gasteiger partial charge on any atom is -0.385 e. The Morgan fingerprint density at radius 1 is 1.58 bits per heavy atom. The number of thiazole rings is 1. The van der Waals surface area contributed by atoms with Crippen LogP contribution in [0.5, 0.6) is 0 Å². The van der Waals surface area contributed by atoms with E-state index in [1.54, 1.807) is 7.11 Å². The van der Waals surface area contributed by atoms with Crippen molar-refractivity contribution in [1.29, 1.82) is 0 Å². The van der Waals surface area contributed by atoms with E-state index in [4.69, 9.17) is 10.5 Å². The average Bonchev–Trinajstić information content (AvgIpc) is 2.81. The Hall–Kier alpha value is -0.340. The Morgan fingerprint density at radius 2 is 2.16 bits per heavy atom. The summed E-state index contributed by atoms with van der Waals surface area (Å²) in [5, 5.41) is 2.55. The lowest BCUT2D eigenvalue weighted by Gasteiger charge is -2.20. The molecule has 7 heteroatoms. The number of ether oxygens (including phenoxy) is 2. The zero-order valence-corrected chi connectivity index (χ0v) is 14.0. The lowest BCUT2D eigenvalue weighted by Crippen LogP contribution is -2.33. The molecular formula is C12H21BrN2O3S. The minimum atomic E-state index is -0.676. The third-order valence-corrected chi connectivity index (χ3v) is 3.57. The van der Waals surface area contributed by atoms with Gasteiger partial charge < -0.3 is 20.0 Å². The molecule has 0 aliphatic rings. The largest absolute Gasteiger partial charge is 0.385 e. The fourth-order valence-electron chi connectivity index (χ4n) is 1.08. The van der Waals surface area contributed by atoms with E-state index >= 15 is 0 Å². The van der Waals surface area contributed by atoms with Crippen LogP contribution in [0.4, 0.5) is 0 Å². The van der Waals surface area contributed by atoms with Crippen molar-refractivity contribution in [3.05, 3.63) is 15.0 Å². The highest BCUT2D eigenvalue weighted by atomic mass is 79.9. The van der Waals surface area contributed by atoms with Crippen LogP contribution in [0.1, 0.15) is 31.9 Å². The van der Waals surface area contributed by atoms with Gasteiger partial charge in [0.25, 0.3) is 0 Å². The molecule has 0 saturated heterocycles. The molecular weight excluding hydrogens is 332 g/mol. The maximum absolute atomic E-state index is 10.7. The summed E-state index contributed by atoms with van der Waals surface area (Å²) in [6, 6.07) is -0.676. The highest BCUT2D eigenvalue weighted by Gasteiger charge is 2.24. The van der Waals surface area contributed by atoms with Crippen LogP contribution in [0.2, 0.25) is 0 Å². The predicted octanol–water partition coefficient (Wildman–Crippen LogP) is 2.55. The molecule has 0 bridgehead atoms. The molecule has 110 valence electrons. The topological polar surface area (TPSA) is 74.4 Å². The first-order chi connectivity index (χ1) is 8.96. The van der Waals surface area contributed by atoms with Crippen LogP contribution in [0, 0.1) is 0 Å². The predicted molar refractivity (Wildman–Crippen MR) is 80.4 cm³/mol. The van der Waals surface area contributed by atoms with Gasteiger partial charge in [-0.3, -0.25) is 0 Å². The molecule has 2 atom stereocenters. The highest BCUT2D eigenvalue weighted by Crippen LogP contribution is 2.26. The van der Waals surface area contributed by atoms with Crippen molar-refractivity contribution in [2.24, 2.45) is 5.73 Å². The van der Waals surface area contributed by atoms with Crippen molar-refractivity contribution in [3.63, 3.8) is 0 Å². The number of halogens is 1. The molecule has 1 rings (SSSR count). The SMILES string of the molecule is CC(C)OC(c1nc(Br)cs1)C(N)C=O.CCOC. The number of carbonyl (C=O) groups is 1. The van der Waals surface area contributed by atoms with E-state index in [1.165, 1.54) is 11.3 Å². The first kappa shape index (κ1) is 18.7. The smallest absolute Gasteiger partial charge is 0.139 e. The van der Waals surface area contributed by atoms with Gasteiger partial charge in [0.1, 0.15) is 22.0 Å². The standard InChI is InChI=1S/C9H13BrN2O2S.C3H8O/c1-5(2)14-8(6(11)3-13)9-12-7(10)4-15-9;1-3-4-2/h3-6,8H,11H2,1-2H3;3H2,1-2H3. The minimum absolute atomic E-state index is 0.00340. The van der Waals surface area contributed by atoms with Crippen molar-refractivity contribution in [3.8, 4) is 0 Å². The summed E-state index contributed by atoms with van der Waals surface area (Å²) >= 11 is 4.67. The molecule has 0 aliphatic heterocycles. The summed E-state index contributed by atoms with van der Waals surface area (Å²) < 4.78 is 10.8. The molecule has 0 saturated carbocycles. The second-order valence-corrected chi connectivity index (χ2v) is 5.61. The number of aldehydes is 1. The molecule has 0 amide bonds. The lowest BCUT2D eigenvalue weighted by atomic mass is 10.2. The molecule has 2 N–H and O–H groups in total. The Bertz CT molecular complexity index is 358. The number of nitrogens with two attached hydrogens (primary N) is 1. The number of nitrogens with zero attached hydrogens (tertiary/aromatic N) is 1. The summed E-state index contributed by atoms with van der Waals surface area (Å²) in [6.07, 6.45) is 0.227. The van der Waals surface area contributed by atoms with E-state index in [0.29, 0.717) is 6.29 Å². The molecule has 5 nitrogen and oxygen atoms in total. The lowest BCUT2D eigenvalue weighted by molar-refractivity contribution is -0.113. The number of hydrogen-bond acceptors (Lipinski definition) is 6. The summed E-state index contributed by atoms with van der Waals surface area (Å²) in [7, 11) is 1.68. The number of carbonyl (C=O) groups excluding carboxylic acids is 1. The quantitative estimate of drug-likeness (QED) is 0.796. The van der Waals surface area contributed by atoms with Gasteiger partial charge in [0.15, 0.2) is 0 Å². The van der Waals surface area contributed by atoms with E-state index in [-0.39, 0.29) is 6.10 Å². The van der Waals surface area contributed by atoms with Crippen molar-refractivity contribution in [1.82, 2.24) is 4.98 Å². The monoisotopic (exact) mass is 352 g/mol. The van der Waals surface area contributed by atoms with Gasteiger partial charge in [0.2, 0.25) is 0 Å². The first-order valence-electron chi connectivity index (χ1n) is 5.92. The van der Waals surface area contributed by atoms with Crippen molar-refractivity contribution < 1.29 is 14.3 Å². The van der Waals surface area contributed by atoms with E-state index in [2.05, 4.69) is 25.7 Å². The van der Waals surface area contributed by atoms with Gasteiger partial charge in [-0.2, -0.15) is 0 Å². The van der Waals surface area contributed by atoms with Gasteiger partial charge >= 0.3 is 0 Å².